The maximum atomic E-state index is 13.5. The Morgan fingerprint density at radius 1 is 1.26 bits per heavy atom. The molecule has 0 saturated carbocycles. The Bertz CT molecular complexity index is 617. The van der Waals surface area contributed by atoms with Gasteiger partial charge in [-0.15, -0.1) is 0 Å². The van der Waals surface area contributed by atoms with Gasteiger partial charge in [0.25, 0.3) is 0 Å². The molecule has 0 aromatic heterocycles. The maximum Gasteiger partial charge on any atom is 0.314 e. The van der Waals surface area contributed by atoms with E-state index in [0.29, 0.717) is 11.3 Å². The summed E-state index contributed by atoms with van der Waals surface area (Å²) in [5, 5.41) is 10.8. The van der Waals surface area contributed by atoms with Gasteiger partial charge in [0.05, 0.1) is 4.92 Å². The molecule has 0 aliphatic heterocycles. The third kappa shape index (κ3) is 2.98. The molecule has 19 heavy (non-hydrogen) atoms. The molecule has 0 atom stereocenters. The molecule has 0 bridgehead atoms. The van der Waals surface area contributed by atoms with Crippen molar-refractivity contribution in [3.05, 3.63) is 64.0 Å². The number of nitrogen functional groups attached to an aromatic ring is 1. The highest BCUT2D eigenvalue weighted by Crippen LogP contribution is 2.30. The summed E-state index contributed by atoms with van der Waals surface area (Å²) in [5.74, 6) is -1.13. The molecule has 0 fully saturated rings. The predicted molar refractivity (Wildman–Crippen MR) is 68.2 cm³/mol. The van der Waals surface area contributed by atoms with Gasteiger partial charge in [0.15, 0.2) is 5.82 Å². The summed E-state index contributed by atoms with van der Waals surface area (Å²) in [6.07, 6.45) is 0. The lowest BCUT2D eigenvalue weighted by Gasteiger charge is -2.08. The average molecular weight is 262 g/mol. The summed E-state index contributed by atoms with van der Waals surface area (Å²) in [6, 6.07) is 10.4. The standard InChI is InChI=1S/C13H11FN2O3/c14-11-5-2-6-12(16(17)18)13(11)19-8-9-3-1-4-10(15)7-9/h1-7H,8,15H2. The number of hydrogen-bond donors (Lipinski definition) is 1. The number of anilines is 1. The smallest absolute Gasteiger partial charge is 0.314 e. The molecular weight excluding hydrogens is 251 g/mol. The summed E-state index contributed by atoms with van der Waals surface area (Å²) in [7, 11) is 0. The Hall–Kier alpha value is -2.63. The van der Waals surface area contributed by atoms with E-state index < -0.39 is 16.4 Å². The van der Waals surface area contributed by atoms with Gasteiger partial charge in [-0.1, -0.05) is 18.2 Å². The SMILES string of the molecule is Nc1cccc(COc2c(F)cccc2[N+](=O)[O-])c1. The quantitative estimate of drug-likeness (QED) is 0.522. The number of halogens is 1. The van der Waals surface area contributed by atoms with E-state index in [-0.39, 0.29) is 12.4 Å². The molecule has 2 rings (SSSR count). The van der Waals surface area contributed by atoms with Crippen LogP contribution >= 0.6 is 0 Å². The van der Waals surface area contributed by atoms with Crippen molar-refractivity contribution >= 4 is 11.4 Å². The predicted octanol–water partition coefficient (Wildman–Crippen LogP) is 2.90. The van der Waals surface area contributed by atoms with E-state index in [9.17, 15) is 14.5 Å². The fraction of sp³-hybridized carbons (Fsp3) is 0.0769. The van der Waals surface area contributed by atoms with Crippen molar-refractivity contribution in [1.82, 2.24) is 0 Å². The number of rotatable bonds is 4. The molecule has 6 heteroatoms. The molecule has 5 nitrogen and oxygen atoms in total. The van der Waals surface area contributed by atoms with Crippen LogP contribution in [0, 0.1) is 15.9 Å². The van der Waals surface area contributed by atoms with Crippen molar-refractivity contribution in [1.29, 1.82) is 0 Å². The number of nitrogens with two attached hydrogens (primary N) is 1. The Morgan fingerprint density at radius 3 is 2.68 bits per heavy atom. The van der Waals surface area contributed by atoms with Crippen LogP contribution in [0.25, 0.3) is 0 Å². The molecule has 0 radical (unpaired) electrons. The Labute approximate surface area is 108 Å². The minimum atomic E-state index is -0.766. The highest BCUT2D eigenvalue weighted by molar-refractivity contribution is 5.47. The topological polar surface area (TPSA) is 78.4 Å². The lowest BCUT2D eigenvalue weighted by molar-refractivity contribution is -0.386. The van der Waals surface area contributed by atoms with Crippen molar-refractivity contribution in [2.75, 3.05) is 5.73 Å². The molecule has 2 aromatic carbocycles. The van der Waals surface area contributed by atoms with Crippen molar-refractivity contribution in [3.8, 4) is 5.75 Å². The number of nitro benzene ring substituents is 1. The van der Waals surface area contributed by atoms with Crippen LogP contribution in [0.1, 0.15) is 5.56 Å². The highest BCUT2D eigenvalue weighted by atomic mass is 19.1. The molecule has 0 spiro atoms. The number of ether oxygens (including phenoxy) is 1. The van der Waals surface area contributed by atoms with Gasteiger partial charge < -0.3 is 10.5 Å². The number of para-hydroxylation sites is 1. The summed E-state index contributed by atoms with van der Waals surface area (Å²) in [5.41, 5.74) is 6.45. The fourth-order valence-corrected chi connectivity index (χ4v) is 1.62. The molecule has 2 aromatic rings. The molecular formula is C13H11FN2O3. The van der Waals surface area contributed by atoms with E-state index in [1.54, 1.807) is 24.3 Å². The molecule has 0 aliphatic carbocycles. The minimum absolute atomic E-state index is 0.00676. The molecule has 2 N–H and O–H groups in total. The van der Waals surface area contributed by atoms with Gasteiger partial charge in [-0.05, 0) is 23.8 Å². The van der Waals surface area contributed by atoms with Crippen molar-refractivity contribution in [3.63, 3.8) is 0 Å². The van der Waals surface area contributed by atoms with Gasteiger partial charge in [-0.2, -0.15) is 0 Å². The highest BCUT2D eigenvalue weighted by Gasteiger charge is 2.19. The summed E-state index contributed by atoms with van der Waals surface area (Å²) >= 11 is 0. The van der Waals surface area contributed by atoms with Gasteiger partial charge >= 0.3 is 5.69 Å². The van der Waals surface area contributed by atoms with Crippen LogP contribution in [-0.4, -0.2) is 4.92 Å². The second-order valence-corrected chi connectivity index (χ2v) is 3.88. The Morgan fingerprint density at radius 2 is 2.00 bits per heavy atom. The number of hydrogen-bond acceptors (Lipinski definition) is 4. The molecule has 0 heterocycles. The zero-order valence-corrected chi connectivity index (χ0v) is 9.88. The van der Waals surface area contributed by atoms with E-state index in [4.69, 9.17) is 10.5 Å². The van der Waals surface area contributed by atoms with Crippen LogP contribution in [0.4, 0.5) is 15.8 Å². The van der Waals surface area contributed by atoms with Gasteiger partial charge in [0.2, 0.25) is 5.75 Å². The maximum absolute atomic E-state index is 13.5. The Balaban J connectivity index is 2.22. The molecule has 0 unspecified atom stereocenters. The van der Waals surface area contributed by atoms with E-state index >= 15 is 0 Å². The Kier molecular flexibility index (Phi) is 3.61. The van der Waals surface area contributed by atoms with E-state index in [1.807, 2.05) is 0 Å². The molecule has 0 aliphatic rings. The first kappa shape index (κ1) is 12.8. The van der Waals surface area contributed by atoms with Crippen LogP contribution in [-0.2, 0) is 6.61 Å². The zero-order chi connectivity index (χ0) is 13.8. The number of nitro groups is 1. The van der Waals surface area contributed by atoms with Gasteiger partial charge in [-0.3, -0.25) is 10.1 Å². The van der Waals surface area contributed by atoms with Crippen LogP contribution in [0.5, 0.6) is 5.75 Å². The van der Waals surface area contributed by atoms with E-state index in [1.165, 1.54) is 12.1 Å². The van der Waals surface area contributed by atoms with Crippen LogP contribution < -0.4 is 10.5 Å². The molecule has 0 amide bonds. The van der Waals surface area contributed by atoms with Crippen molar-refractivity contribution < 1.29 is 14.1 Å². The van der Waals surface area contributed by atoms with Gasteiger partial charge in [0, 0.05) is 11.8 Å². The van der Waals surface area contributed by atoms with Crippen LogP contribution in [0.2, 0.25) is 0 Å². The first-order valence-corrected chi connectivity index (χ1v) is 5.48. The molecule has 98 valence electrons. The van der Waals surface area contributed by atoms with Gasteiger partial charge in [0.1, 0.15) is 6.61 Å². The minimum Gasteiger partial charge on any atom is -0.480 e. The van der Waals surface area contributed by atoms with E-state index in [2.05, 4.69) is 0 Å². The van der Waals surface area contributed by atoms with Crippen LogP contribution in [0.3, 0.4) is 0 Å². The fourth-order valence-electron chi connectivity index (χ4n) is 1.62. The van der Waals surface area contributed by atoms with Gasteiger partial charge in [-0.25, -0.2) is 4.39 Å². The second-order valence-electron chi connectivity index (χ2n) is 3.88. The second kappa shape index (κ2) is 5.34. The summed E-state index contributed by atoms with van der Waals surface area (Å²) < 4.78 is 18.7. The lowest BCUT2D eigenvalue weighted by atomic mass is 10.2. The lowest BCUT2D eigenvalue weighted by Crippen LogP contribution is -2.01. The summed E-state index contributed by atoms with van der Waals surface area (Å²) in [6.45, 7) is 0.00676. The van der Waals surface area contributed by atoms with Crippen molar-refractivity contribution in [2.24, 2.45) is 0 Å². The number of nitrogens with zero attached hydrogens (tertiary/aromatic N) is 1. The third-order valence-electron chi connectivity index (χ3n) is 2.48. The largest absolute Gasteiger partial charge is 0.480 e. The zero-order valence-electron chi connectivity index (χ0n) is 9.88. The molecule has 0 saturated heterocycles. The first-order valence-electron chi connectivity index (χ1n) is 5.48. The normalized spacial score (nSPS) is 10.2. The van der Waals surface area contributed by atoms with Crippen molar-refractivity contribution in [2.45, 2.75) is 6.61 Å². The summed E-state index contributed by atoms with van der Waals surface area (Å²) in [4.78, 5) is 10.1. The average Bonchev–Trinajstić information content (AvgIpc) is 2.37. The van der Waals surface area contributed by atoms with E-state index in [0.717, 1.165) is 6.07 Å². The monoisotopic (exact) mass is 262 g/mol. The first-order chi connectivity index (χ1) is 9.08. The third-order valence-corrected chi connectivity index (χ3v) is 2.48. The number of benzene rings is 2. The van der Waals surface area contributed by atoms with Crippen LogP contribution in [0.15, 0.2) is 42.5 Å².